The van der Waals surface area contributed by atoms with Crippen LogP contribution in [0.1, 0.15) is 31.7 Å². The molecule has 0 saturated carbocycles. The Kier molecular flexibility index (Phi) is 5.15. The second kappa shape index (κ2) is 7.12. The predicted molar refractivity (Wildman–Crippen MR) is 77.8 cm³/mol. The third-order valence-electron chi connectivity index (χ3n) is 3.16. The largest absolute Gasteiger partial charge is 0.317 e. The van der Waals surface area contributed by atoms with Crippen LogP contribution in [0.15, 0.2) is 36.5 Å². The van der Waals surface area contributed by atoms with Crippen LogP contribution >= 0.6 is 0 Å². The van der Waals surface area contributed by atoms with Gasteiger partial charge in [-0.1, -0.05) is 19.1 Å². The summed E-state index contributed by atoms with van der Waals surface area (Å²) in [6.07, 6.45) is 6.74. The van der Waals surface area contributed by atoms with Gasteiger partial charge in [0.25, 0.3) is 0 Å². The third kappa shape index (κ3) is 3.81. The van der Waals surface area contributed by atoms with E-state index >= 15 is 0 Å². The molecule has 0 spiro atoms. The summed E-state index contributed by atoms with van der Waals surface area (Å²) >= 11 is 0. The van der Waals surface area contributed by atoms with Crippen molar-refractivity contribution < 1.29 is 0 Å². The summed E-state index contributed by atoms with van der Waals surface area (Å²) in [5.41, 5.74) is 2.51. The van der Waals surface area contributed by atoms with Crippen molar-refractivity contribution >= 4 is 10.9 Å². The molecule has 0 aliphatic carbocycles. The Labute approximate surface area is 109 Å². The molecule has 1 aromatic carbocycles. The van der Waals surface area contributed by atoms with Crippen LogP contribution in [0.4, 0.5) is 0 Å². The average Bonchev–Trinajstić information content (AvgIpc) is 2.42. The number of unbranched alkanes of at least 4 members (excludes halogenated alkanes) is 1. The first-order valence-corrected chi connectivity index (χ1v) is 6.94. The highest BCUT2D eigenvalue weighted by Crippen LogP contribution is 2.14. The minimum Gasteiger partial charge on any atom is -0.317 e. The van der Waals surface area contributed by atoms with Gasteiger partial charge in [-0.3, -0.25) is 4.98 Å². The molecule has 2 rings (SSSR count). The highest BCUT2D eigenvalue weighted by Gasteiger charge is 1.97. The van der Waals surface area contributed by atoms with Gasteiger partial charge in [-0.25, -0.2) is 0 Å². The summed E-state index contributed by atoms with van der Waals surface area (Å²) in [7, 11) is 0. The van der Waals surface area contributed by atoms with Gasteiger partial charge in [0.15, 0.2) is 0 Å². The van der Waals surface area contributed by atoms with Crippen molar-refractivity contribution in [3.05, 3.63) is 42.1 Å². The zero-order chi connectivity index (χ0) is 12.6. The van der Waals surface area contributed by atoms with E-state index in [1.165, 1.54) is 36.6 Å². The first kappa shape index (κ1) is 13.0. The molecule has 1 aromatic heterocycles. The van der Waals surface area contributed by atoms with Gasteiger partial charge in [0.2, 0.25) is 0 Å². The molecule has 96 valence electrons. The average molecular weight is 242 g/mol. The Morgan fingerprint density at radius 3 is 2.94 bits per heavy atom. The van der Waals surface area contributed by atoms with E-state index in [0.717, 1.165) is 18.6 Å². The minimum absolute atomic E-state index is 1.09. The van der Waals surface area contributed by atoms with Gasteiger partial charge in [0, 0.05) is 11.6 Å². The highest BCUT2D eigenvalue weighted by atomic mass is 14.8. The molecule has 0 unspecified atom stereocenters. The number of aryl methyl sites for hydroxylation is 1. The number of nitrogens with zero attached hydrogens (tertiary/aromatic N) is 1. The van der Waals surface area contributed by atoms with E-state index < -0.39 is 0 Å². The van der Waals surface area contributed by atoms with Crippen LogP contribution in [-0.4, -0.2) is 18.1 Å². The molecule has 0 amide bonds. The fraction of sp³-hybridized carbons (Fsp3) is 0.438. The molecule has 18 heavy (non-hydrogen) atoms. The predicted octanol–water partition coefficient (Wildman–Crippen LogP) is 3.56. The Bertz CT molecular complexity index is 479. The second-order valence-electron chi connectivity index (χ2n) is 4.74. The van der Waals surface area contributed by atoms with Crippen molar-refractivity contribution in [3.63, 3.8) is 0 Å². The fourth-order valence-electron chi connectivity index (χ4n) is 2.16. The van der Waals surface area contributed by atoms with Gasteiger partial charge in [0.1, 0.15) is 0 Å². The number of aromatic nitrogens is 1. The van der Waals surface area contributed by atoms with Crippen molar-refractivity contribution in [2.45, 2.75) is 32.6 Å². The highest BCUT2D eigenvalue weighted by molar-refractivity contribution is 5.78. The quantitative estimate of drug-likeness (QED) is 0.751. The maximum atomic E-state index is 4.34. The standard InChI is InChI=1S/C16H22N2/c1-2-10-17-11-4-3-6-14-8-9-16-15(13-14)7-5-12-18-16/h5,7-9,12-13,17H,2-4,6,10-11H2,1H3. The van der Waals surface area contributed by atoms with Gasteiger partial charge < -0.3 is 5.32 Å². The van der Waals surface area contributed by atoms with Gasteiger partial charge in [-0.2, -0.15) is 0 Å². The number of hydrogen-bond donors (Lipinski definition) is 1. The zero-order valence-electron chi connectivity index (χ0n) is 11.2. The topological polar surface area (TPSA) is 24.9 Å². The maximum Gasteiger partial charge on any atom is 0.0702 e. The van der Waals surface area contributed by atoms with Crippen molar-refractivity contribution in [1.82, 2.24) is 10.3 Å². The molecule has 0 aliphatic rings. The monoisotopic (exact) mass is 242 g/mol. The van der Waals surface area contributed by atoms with Gasteiger partial charge in [0.05, 0.1) is 5.52 Å². The van der Waals surface area contributed by atoms with Crippen molar-refractivity contribution in [1.29, 1.82) is 0 Å². The zero-order valence-corrected chi connectivity index (χ0v) is 11.2. The Morgan fingerprint density at radius 2 is 2.06 bits per heavy atom. The van der Waals surface area contributed by atoms with Crippen LogP contribution < -0.4 is 5.32 Å². The summed E-state index contributed by atoms with van der Waals surface area (Å²) in [4.78, 5) is 4.34. The van der Waals surface area contributed by atoms with E-state index in [9.17, 15) is 0 Å². The molecule has 2 nitrogen and oxygen atoms in total. The van der Waals surface area contributed by atoms with Crippen molar-refractivity contribution in [2.24, 2.45) is 0 Å². The molecular weight excluding hydrogens is 220 g/mol. The number of fused-ring (bicyclic) bond motifs is 1. The molecule has 1 heterocycles. The molecule has 0 radical (unpaired) electrons. The van der Waals surface area contributed by atoms with Crippen molar-refractivity contribution in [3.8, 4) is 0 Å². The Balaban J connectivity index is 1.81. The lowest BCUT2D eigenvalue weighted by Crippen LogP contribution is -2.15. The van der Waals surface area contributed by atoms with Crippen LogP contribution in [0.2, 0.25) is 0 Å². The van der Waals surface area contributed by atoms with Crippen LogP contribution in [0.25, 0.3) is 10.9 Å². The normalized spacial score (nSPS) is 10.9. The minimum atomic E-state index is 1.09. The molecule has 1 N–H and O–H groups in total. The molecule has 2 heteroatoms. The molecule has 0 atom stereocenters. The number of benzene rings is 1. The number of pyridine rings is 1. The smallest absolute Gasteiger partial charge is 0.0702 e. The lowest BCUT2D eigenvalue weighted by Gasteiger charge is -2.04. The lowest BCUT2D eigenvalue weighted by molar-refractivity contribution is 0.617. The van der Waals surface area contributed by atoms with Crippen LogP contribution in [0.5, 0.6) is 0 Å². The number of nitrogens with one attached hydrogen (secondary N) is 1. The molecule has 0 fully saturated rings. The summed E-state index contributed by atoms with van der Waals surface area (Å²) < 4.78 is 0. The molecule has 0 saturated heterocycles. The second-order valence-corrected chi connectivity index (χ2v) is 4.74. The third-order valence-corrected chi connectivity index (χ3v) is 3.16. The van der Waals surface area contributed by atoms with E-state index in [4.69, 9.17) is 0 Å². The van der Waals surface area contributed by atoms with Gasteiger partial charge in [-0.15, -0.1) is 0 Å². The Morgan fingerprint density at radius 1 is 1.11 bits per heavy atom. The van der Waals surface area contributed by atoms with Gasteiger partial charge in [-0.05, 0) is 62.5 Å². The molecule has 0 bridgehead atoms. The Hall–Kier alpha value is -1.41. The summed E-state index contributed by atoms with van der Waals surface area (Å²) in [6, 6.07) is 10.7. The van der Waals surface area contributed by atoms with E-state index in [1.807, 2.05) is 12.3 Å². The first-order chi connectivity index (χ1) is 8.90. The van der Waals surface area contributed by atoms with Crippen LogP contribution in [0, 0.1) is 0 Å². The van der Waals surface area contributed by atoms with E-state index in [1.54, 1.807) is 0 Å². The first-order valence-electron chi connectivity index (χ1n) is 6.94. The van der Waals surface area contributed by atoms with Crippen LogP contribution in [0.3, 0.4) is 0 Å². The van der Waals surface area contributed by atoms with Crippen molar-refractivity contribution in [2.75, 3.05) is 13.1 Å². The summed E-state index contributed by atoms with van der Waals surface area (Å²) in [6.45, 7) is 4.49. The van der Waals surface area contributed by atoms with Crippen LogP contribution in [-0.2, 0) is 6.42 Å². The molecule has 2 aromatic rings. The SMILES string of the molecule is CCCNCCCCc1ccc2ncccc2c1. The van der Waals surface area contributed by atoms with Gasteiger partial charge >= 0.3 is 0 Å². The lowest BCUT2D eigenvalue weighted by atomic mass is 10.1. The summed E-state index contributed by atoms with van der Waals surface area (Å²) in [5, 5.41) is 4.69. The number of hydrogen-bond acceptors (Lipinski definition) is 2. The molecular formula is C16H22N2. The summed E-state index contributed by atoms with van der Waals surface area (Å²) in [5.74, 6) is 0. The van der Waals surface area contributed by atoms with E-state index in [2.05, 4.69) is 41.5 Å². The van der Waals surface area contributed by atoms with E-state index in [-0.39, 0.29) is 0 Å². The number of rotatable bonds is 7. The maximum absolute atomic E-state index is 4.34. The van der Waals surface area contributed by atoms with E-state index in [0.29, 0.717) is 0 Å². The fourth-order valence-corrected chi connectivity index (χ4v) is 2.16. The molecule has 0 aliphatic heterocycles.